The van der Waals surface area contributed by atoms with Gasteiger partial charge in [-0.1, -0.05) is 42.5 Å². The van der Waals surface area contributed by atoms with Crippen molar-refractivity contribution in [1.82, 2.24) is 0 Å². The molecule has 0 bridgehead atoms. The molecule has 0 spiro atoms. The standard InChI is InChI=1S/C13H19NO2/c1-2-6-12(14)13(15)10-16-9-11-7-4-3-5-8-11/h2-8,12-13,15H,9-10,14H2,1H3/t12-,13+/m1/s1. The predicted octanol–water partition coefficient (Wildman–Crippen LogP) is 1.47. The Bertz CT molecular complexity index is 311. The van der Waals surface area contributed by atoms with Crippen LogP contribution in [0.3, 0.4) is 0 Å². The third kappa shape index (κ3) is 4.57. The minimum Gasteiger partial charge on any atom is -0.389 e. The number of ether oxygens (including phenoxy) is 1. The van der Waals surface area contributed by atoms with Gasteiger partial charge in [0.05, 0.1) is 25.4 Å². The van der Waals surface area contributed by atoms with Gasteiger partial charge in [0, 0.05) is 0 Å². The lowest BCUT2D eigenvalue weighted by atomic mass is 10.2. The van der Waals surface area contributed by atoms with Crippen molar-refractivity contribution in [3.05, 3.63) is 48.0 Å². The molecule has 1 aromatic rings. The highest BCUT2D eigenvalue weighted by Crippen LogP contribution is 2.02. The molecule has 0 saturated carbocycles. The van der Waals surface area contributed by atoms with Crippen molar-refractivity contribution in [3.8, 4) is 0 Å². The van der Waals surface area contributed by atoms with Crippen LogP contribution in [0.2, 0.25) is 0 Å². The lowest BCUT2D eigenvalue weighted by Crippen LogP contribution is -2.36. The zero-order chi connectivity index (χ0) is 11.8. The fourth-order valence-electron chi connectivity index (χ4n) is 1.33. The third-order valence-electron chi connectivity index (χ3n) is 2.26. The van der Waals surface area contributed by atoms with E-state index < -0.39 is 6.10 Å². The van der Waals surface area contributed by atoms with Crippen molar-refractivity contribution in [1.29, 1.82) is 0 Å². The molecule has 2 atom stereocenters. The van der Waals surface area contributed by atoms with Crippen LogP contribution in [0.25, 0.3) is 0 Å². The number of hydrogen-bond donors (Lipinski definition) is 2. The zero-order valence-electron chi connectivity index (χ0n) is 9.54. The molecule has 3 nitrogen and oxygen atoms in total. The molecule has 1 rings (SSSR count). The van der Waals surface area contributed by atoms with Crippen LogP contribution in [0.5, 0.6) is 0 Å². The average molecular weight is 221 g/mol. The Kier molecular flexibility index (Phi) is 5.78. The highest BCUT2D eigenvalue weighted by Gasteiger charge is 2.11. The van der Waals surface area contributed by atoms with E-state index in [0.717, 1.165) is 5.56 Å². The maximum absolute atomic E-state index is 9.63. The molecule has 3 N–H and O–H groups in total. The van der Waals surface area contributed by atoms with Crippen LogP contribution >= 0.6 is 0 Å². The Morgan fingerprint density at radius 2 is 2.06 bits per heavy atom. The summed E-state index contributed by atoms with van der Waals surface area (Å²) in [6.45, 7) is 2.62. The van der Waals surface area contributed by atoms with Crippen molar-refractivity contribution in [2.75, 3.05) is 6.61 Å². The smallest absolute Gasteiger partial charge is 0.0959 e. The summed E-state index contributed by atoms with van der Waals surface area (Å²) >= 11 is 0. The van der Waals surface area contributed by atoms with Crippen LogP contribution in [0.15, 0.2) is 42.5 Å². The fourth-order valence-corrected chi connectivity index (χ4v) is 1.33. The van der Waals surface area contributed by atoms with Crippen LogP contribution in [0, 0.1) is 0 Å². The Hall–Kier alpha value is -1.16. The van der Waals surface area contributed by atoms with Gasteiger partial charge < -0.3 is 15.6 Å². The van der Waals surface area contributed by atoms with Crippen molar-refractivity contribution in [3.63, 3.8) is 0 Å². The SMILES string of the molecule is CC=C[C@@H](N)[C@@H](O)COCc1ccccc1. The van der Waals surface area contributed by atoms with Crippen LogP contribution in [-0.4, -0.2) is 23.9 Å². The molecule has 0 radical (unpaired) electrons. The van der Waals surface area contributed by atoms with E-state index in [9.17, 15) is 5.11 Å². The number of aliphatic hydroxyl groups excluding tert-OH is 1. The Balaban J connectivity index is 2.25. The molecule has 0 fully saturated rings. The van der Waals surface area contributed by atoms with Gasteiger partial charge in [0.25, 0.3) is 0 Å². The van der Waals surface area contributed by atoms with E-state index in [2.05, 4.69) is 0 Å². The van der Waals surface area contributed by atoms with Crippen molar-refractivity contribution in [2.24, 2.45) is 5.73 Å². The molecule has 0 aliphatic rings. The van der Waals surface area contributed by atoms with E-state index in [1.54, 1.807) is 6.08 Å². The van der Waals surface area contributed by atoms with Gasteiger partial charge in [-0.3, -0.25) is 0 Å². The van der Waals surface area contributed by atoms with Crippen molar-refractivity contribution >= 4 is 0 Å². The van der Waals surface area contributed by atoms with Crippen LogP contribution in [0.4, 0.5) is 0 Å². The first-order chi connectivity index (χ1) is 7.74. The second kappa shape index (κ2) is 7.17. The van der Waals surface area contributed by atoms with E-state index >= 15 is 0 Å². The first kappa shape index (κ1) is 12.9. The van der Waals surface area contributed by atoms with Gasteiger partial charge in [-0.25, -0.2) is 0 Å². The topological polar surface area (TPSA) is 55.5 Å². The van der Waals surface area contributed by atoms with E-state index in [4.69, 9.17) is 10.5 Å². The molecule has 3 heteroatoms. The molecule has 0 amide bonds. The highest BCUT2D eigenvalue weighted by atomic mass is 16.5. The summed E-state index contributed by atoms with van der Waals surface area (Å²) in [5, 5.41) is 9.63. The summed E-state index contributed by atoms with van der Waals surface area (Å²) in [7, 11) is 0. The number of allylic oxidation sites excluding steroid dienone is 1. The third-order valence-corrected chi connectivity index (χ3v) is 2.26. The Labute approximate surface area is 96.5 Å². The number of rotatable bonds is 6. The molecule has 1 aromatic carbocycles. The quantitative estimate of drug-likeness (QED) is 0.715. The monoisotopic (exact) mass is 221 g/mol. The second-order valence-electron chi connectivity index (χ2n) is 3.67. The van der Waals surface area contributed by atoms with Gasteiger partial charge in [0.15, 0.2) is 0 Å². The van der Waals surface area contributed by atoms with Gasteiger partial charge in [0.2, 0.25) is 0 Å². The summed E-state index contributed by atoms with van der Waals surface area (Å²) in [6.07, 6.45) is 2.93. The van der Waals surface area contributed by atoms with Crippen LogP contribution < -0.4 is 5.73 Å². The van der Waals surface area contributed by atoms with Gasteiger partial charge in [0.1, 0.15) is 0 Å². The van der Waals surface area contributed by atoms with E-state index in [1.807, 2.05) is 43.3 Å². The molecule has 0 aromatic heterocycles. The van der Waals surface area contributed by atoms with Crippen LogP contribution in [0.1, 0.15) is 12.5 Å². The summed E-state index contributed by atoms with van der Waals surface area (Å²) in [5.74, 6) is 0. The number of hydrogen-bond acceptors (Lipinski definition) is 3. The van der Waals surface area contributed by atoms with E-state index in [-0.39, 0.29) is 12.6 Å². The molecular formula is C13H19NO2. The van der Waals surface area contributed by atoms with Crippen LogP contribution in [-0.2, 0) is 11.3 Å². The second-order valence-corrected chi connectivity index (χ2v) is 3.67. The molecule has 0 unspecified atom stereocenters. The van der Waals surface area contributed by atoms with Gasteiger partial charge in [-0.2, -0.15) is 0 Å². The zero-order valence-corrected chi connectivity index (χ0v) is 9.54. The lowest BCUT2D eigenvalue weighted by Gasteiger charge is -2.15. The van der Waals surface area contributed by atoms with E-state index in [1.165, 1.54) is 0 Å². The normalized spacial score (nSPS) is 15.2. The summed E-state index contributed by atoms with van der Waals surface area (Å²) in [5.41, 5.74) is 6.78. The molecule has 16 heavy (non-hydrogen) atoms. The lowest BCUT2D eigenvalue weighted by molar-refractivity contribution is 0.0229. The summed E-state index contributed by atoms with van der Waals surface area (Å²) in [4.78, 5) is 0. The molecule has 0 heterocycles. The minimum atomic E-state index is -0.653. The molecule has 88 valence electrons. The molecule has 0 aliphatic heterocycles. The van der Waals surface area contributed by atoms with Gasteiger partial charge >= 0.3 is 0 Å². The number of aliphatic hydroxyl groups is 1. The number of nitrogens with two attached hydrogens (primary N) is 1. The van der Waals surface area contributed by atoms with Crippen molar-refractivity contribution < 1.29 is 9.84 Å². The highest BCUT2D eigenvalue weighted by molar-refractivity contribution is 5.13. The summed E-state index contributed by atoms with van der Waals surface area (Å²) in [6, 6.07) is 9.49. The summed E-state index contributed by atoms with van der Waals surface area (Å²) < 4.78 is 5.39. The molecule has 0 saturated heterocycles. The predicted molar refractivity (Wildman–Crippen MR) is 64.9 cm³/mol. The fraction of sp³-hybridized carbons (Fsp3) is 0.385. The Morgan fingerprint density at radius 3 is 2.69 bits per heavy atom. The van der Waals surface area contributed by atoms with Gasteiger partial charge in [-0.05, 0) is 12.5 Å². The number of benzene rings is 1. The maximum atomic E-state index is 9.63. The molecule has 0 aliphatic carbocycles. The Morgan fingerprint density at radius 1 is 1.38 bits per heavy atom. The molecular weight excluding hydrogens is 202 g/mol. The largest absolute Gasteiger partial charge is 0.389 e. The van der Waals surface area contributed by atoms with Crippen molar-refractivity contribution in [2.45, 2.75) is 25.7 Å². The maximum Gasteiger partial charge on any atom is 0.0959 e. The van der Waals surface area contributed by atoms with E-state index in [0.29, 0.717) is 6.61 Å². The minimum absolute atomic E-state index is 0.250. The first-order valence-corrected chi connectivity index (χ1v) is 5.42. The first-order valence-electron chi connectivity index (χ1n) is 5.42. The average Bonchev–Trinajstić information content (AvgIpc) is 2.30. The van der Waals surface area contributed by atoms with Gasteiger partial charge in [-0.15, -0.1) is 0 Å².